The topological polar surface area (TPSA) is 57.6 Å². The van der Waals surface area contributed by atoms with Crippen molar-refractivity contribution in [1.29, 1.82) is 0 Å². The minimum Gasteiger partial charge on any atom is -0.285 e. The summed E-state index contributed by atoms with van der Waals surface area (Å²) < 4.78 is 5.69. The first-order valence-electron chi connectivity index (χ1n) is 5.34. The zero-order chi connectivity index (χ0) is 12.6. The van der Waals surface area contributed by atoms with Crippen LogP contribution in [0.15, 0.2) is 15.6 Å². The Balaban J connectivity index is 2.42. The Bertz CT molecular complexity index is 594. The van der Waals surface area contributed by atoms with Crippen LogP contribution in [0.25, 0.3) is 0 Å². The summed E-state index contributed by atoms with van der Waals surface area (Å²) in [6.45, 7) is 5.14. The SMILES string of the molecule is CCn1nc(C)c(Br)c1Cn1ncn(C)c1=O. The van der Waals surface area contributed by atoms with E-state index >= 15 is 0 Å². The highest BCUT2D eigenvalue weighted by Gasteiger charge is 2.14. The van der Waals surface area contributed by atoms with Gasteiger partial charge in [-0.05, 0) is 29.8 Å². The van der Waals surface area contributed by atoms with Gasteiger partial charge in [0.15, 0.2) is 0 Å². The molecular weight excluding hydrogens is 286 g/mol. The fourth-order valence-electron chi connectivity index (χ4n) is 1.69. The van der Waals surface area contributed by atoms with E-state index in [1.807, 2.05) is 18.5 Å². The molecule has 0 bridgehead atoms. The molecule has 0 fully saturated rings. The Morgan fingerprint density at radius 3 is 2.65 bits per heavy atom. The van der Waals surface area contributed by atoms with Crippen LogP contribution >= 0.6 is 15.9 Å². The largest absolute Gasteiger partial charge is 0.345 e. The van der Waals surface area contributed by atoms with Crippen LogP contribution in [0.5, 0.6) is 0 Å². The van der Waals surface area contributed by atoms with E-state index in [-0.39, 0.29) is 5.69 Å². The van der Waals surface area contributed by atoms with Gasteiger partial charge in [-0.15, -0.1) is 0 Å². The summed E-state index contributed by atoms with van der Waals surface area (Å²) in [7, 11) is 1.68. The molecule has 0 aliphatic carbocycles. The third kappa shape index (κ3) is 2.06. The zero-order valence-corrected chi connectivity index (χ0v) is 11.6. The van der Waals surface area contributed by atoms with Gasteiger partial charge in [-0.2, -0.15) is 10.2 Å². The van der Waals surface area contributed by atoms with E-state index in [2.05, 4.69) is 26.1 Å². The fourth-order valence-corrected chi connectivity index (χ4v) is 2.10. The maximum Gasteiger partial charge on any atom is 0.345 e. The Kier molecular flexibility index (Phi) is 3.19. The van der Waals surface area contributed by atoms with Crippen molar-refractivity contribution in [2.24, 2.45) is 7.05 Å². The van der Waals surface area contributed by atoms with E-state index in [1.165, 1.54) is 15.6 Å². The summed E-state index contributed by atoms with van der Waals surface area (Å²) in [4.78, 5) is 11.7. The van der Waals surface area contributed by atoms with Crippen molar-refractivity contribution in [3.63, 3.8) is 0 Å². The zero-order valence-electron chi connectivity index (χ0n) is 10.0. The summed E-state index contributed by atoms with van der Waals surface area (Å²) in [6, 6.07) is 0. The third-order valence-corrected chi connectivity index (χ3v) is 3.67. The highest BCUT2D eigenvalue weighted by molar-refractivity contribution is 9.10. The molecule has 2 aromatic heterocycles. The Morgan fingerprint density at radius 2 is 2.12 bits per heavy atom. The lowest BCUT2D eigenvalue weighted by atomic mass is 10.3. The molecule has 0 atom stereocenters. The molecule has 0 radical (unpaired) electrons. The Hall–Kier alpha value is -1.37. The molecule has 0 N–H and O–H groups in total. The van der Waals surface area contributed by atoms with Gasteiger partial charge in [-0.1, -0.05) is 0 Å². The fraction of sp³-hybridized carbons (Fsp3) is 0.500. The number of rotatable bonds is 3. The lowest BCUT2D eigenvalue weighted by Crippen LogP contribution is -2.24. The molecule has 0 saturated carbocycles. The molecular formula is C10H14BrN5O. The number of hydrogen-bond acceptors (Lipinski definition) is 3. The van der Waals surface area contributed by atoms with Gasteiger partial charge in [0.05, 0.1) is 22.4 Å². The summed E-state index contributed by atoms with van der Waals surface area (Å²) in [5.41, 5.74) is 1.76. The Labute approximate surface area is 107 Å². The second kappa shape index (κ2) is 4.48. The summed E-state index contributed by atoms with van der Waals surface area (Å²) in [5.74, 6) is 0. The standard InChI is InChI=1S/C10H14BrN5O/c1-4-15-8(9(11)7(2)13-15)5-16-10(17)14(3)6-12-16/h6H,4-5H2,1-3H3. The van der Waals surface area contributed by atoms with Gasteiger partial charge in [-0.25, -0.2) is 9.48 Å². The first-order chi connectivity index (χ1) is 8.04. The highest BCUT2D eigenvalue weighted by Crippen LogP contribution is 2.21. The van der Waals surface area contributed by atoms with Crippen molar-refractivity contribution in [3.8, 4) is 0 Å². The average Bonchev–Trinajstić information content (AvgIpc) is 2.76. The van der Waals surface area contributed by atoms with Crippen molar-refractivity contribution in [2.45, 2.75) is 26.9 Å². The van der Waals surface area contributed by atoms with Crippen LogP contribution in [0.2, 0.25) is 0 Å². The molecule has 0 unspecified atom stereocenters. The lowest BCUT2D eigenvalue weighted by Gasteiger charge is -2.04. The van der Waals surface area contributed by atoms with Crippen LogP contribution in [0.4, 0.5) is 0 Å². The molecule has 0 saturated heterocycles. The number of nitrogens with zero attached hydrogens (tertiary/aromatic N) is 5. The minimum atomic E-state index is -0.126. The predicted octanol–water partition coefficient (Wildman–Crippen LogP) is 0.917. The molecule has 0 aliphatic rings. The minimum absolute atomic E-state index is 0.126. The van der Waals surface area contributed by atoms with Crippen LogP contribution in [-0.4, -0.2) is 24.1 Å². The average molecular weight is 300 g/mol. The predicted molar refractivity (Wildman–Crippen MR) is 66.9 cm³/mol. The first kappa shape index (κ1) is 12.1. The smallest absolute Gasteiger partial charge is 0.285 e. The van der Waals surface area contributed by atoms with E-state index in [9.17, 15) is 4.79 Å². The molecule has 6 nitrogen and oxygen atoms in total. The maximum absolute atomic E-state index is 11.7. The molecule has 0 aliphatic heterocycles. The lowest BCUT2D eigenvalue weighted by molar-refractivity contribution is 0.561. The van der Waals surface area contributed by atoms with Crippen LogP contribution in [-0.2, 0) is 20.1 Å². The van der Waals surface area contributed by atoms with E-state index in [1.54, 1.807) is 7.05 Å². The first-order valence-corrected chi connectivity index (χ1v) is 6.14. The van der Waals surface area contributed by atoms with E-state index in [4.69, 9.17) is 0 Å². The molecule has 0 amide bonds. The molecule has 7 heteroatoms. The van der Waals surface area contributed by atoms with Gasteiger partial charge >= 0.3 is 5.69 Å². The number of halogens is 1. The number of aryl methyl sites for hydroxylation is 3. The molecule has 2 aromatic rings. The van der Waals surface area contributed by atoms with Gasteiger partial charge in [-0.3, -0.25) is 9.25 Å². The van der Waals surface area contributed by atoms with Crippen LogP contribution < -0.4 is 5.69 Å². The van der Waals surface area contributed by atoms with Crippen molar-refractivity contribution in [2.75, 3.05) is 0 Å². The maximum atomic E-state index is 11.7. The van der Waals surface area contributed by atoms with Crippen molar-refractivity contribution in [1.82, 2.24) is 24.1 Å². The van der Waals surface area contributed by atoms with Crippen LogP contribution in [0.3, 0.4) is 0 Å². The summed E-state index contributed by atoms with van der Waals surface area (Å²) >= 11 is 3.50. The molecule has 2 rings (SSSR count). The highest BCUT2D eigenvalue weighted by atomic mass is 79.9. The monoisotopic (exact) mass is 299 g/mol. The molecule has 0 spiro atoms. The van der Waals surface area contributed by atoms with Gasteiger partial charge in [0.25, 0.3) is 0 Å². The number of aromatic nitrogens is 5. The summed E-state index contributed by atoms with van der Waals surface area (Å²) in [6.07, 6.45) is 1.51. The van der Waals surface area contributed by atoms with Crippen LogP contribution in [0.1, 0.15) is 18.3 Å². The van der Waals surface area contributed by atoms with Crippen molar-refractivity contribution >= 4 is 15.9 Å². The third-order valence-electron chi connectivity index (χ3n) is 2.64. The quantitative estimate of drug-likeness (QED) is 0.847. The summed E-state index contributed by atoms with van der Waals surface area (Å²) in [5, 5.41) is 8.42. The molecule has 2 heterocycles. The second-order valence-corrected chi connectivity index (χ2v) is 4.64. The molecule has 92 valence electrons. The van der Waals surface area contributed by atoms with Gasteiger partial charge in [0.1, 0.15) is 6.33 Å². The van der Waals surface area contributed by atoms with Crippen LogP contribution in [0, 0.1) is 6.92 Å². The molecule has 17 heavy (non-hydrogen) atoms. The van der Waals surface area contributed by atoms with Crippen molar-refractivity contribution in [3.05, 3.63) is 32.7 Å². The number of hydrogen-bond donors (Lipinski definition) is 0. The second-order valence-electron chi connectivity index (χ2n) is 3.84. The molecule has 0 aromatic carbocycles. The van der Waals surface area contributed by atoms with E-state index < -0.39 is 0 Å². The van der Waals surface area contributed by atoms with E-state index in [0.717, 1.165) is 22.4 Å². The van der Waals surface area contributed by atoms with Gasteiger partial charge in [0.2, 0.25) is 0 Å². The normalized spacial score (nSPS) is 11.1. The van der Waals surface area contributed by atoms with Gasteiger partial charge in [0, 0.05) is 13.6 Å². The Morgan fingerprint density at radius 1 is 1.41 bits per heavy atom. The van der Waals surface area contributed by atoms with Gasteiger partial charge < -0.3 is 0 Å². The van der Waals surface area contributed by atoms with Crippen molar-refractivity contribution < 1.29 is 0 Å². The van der Waals surface area contributed by atoms with E-state index in [0.29, 0.717) is 6.54 Å².